The number of nitrogens with zero attached hydrogens (tertiary/aromatic N) is 1. The van der Waals surface area contributed by atoms with Gasteiger partial charge in [0, 0.05) is 23.9 Å². The van der Waals surface area contributed by atoms with Crippen LogP contribution in [0.3, 0.4) is 0 Å². The van der Waals surface area contributed by atoms with E-state index in [1.807, 2.05) is 30.3 Å². The summed E-state index contributed by atoms with van der Waals surface area (Å²) in [6, 6.07) is 13.3. The maximum Gasteiger partial charge on any atom is 0.251 e. The first kappa shape index (κ1) is 16.6. The molecule has 2 aromatic rings. The summed E-state index contributed by atoms with van der Waals surface area (Å²) in [5, 5.41) is 2.87. The minimum Gasteiger partial charge on any atom is -0.346 e. The Bertz CT molecular complexity index is 850. The number of benzene rings is 1. The molecular weight excluding hydrogens is 324 g/mol. The molecule has 1 aliphatic heterocycles. The molecule has 1 N–H and O–H groups in total. The summed E-state index contributed by atoms with van der Waals surface area (Å²) in [6.07, 6.45) is 2.71. The van der Waals surface area contributed by atoms with Gasteiger partial charge in [-0.25, -0.2) is 8.42 Å². The number of carbonyl (C=O) groups is 1. The number of pyridine rings is 1. The van der Waals surface area contributed by atoms with E-state index in [1.165, 1.54) is 0 Å². The number of hydrogen-bond donors (Lipinski definition) is 1. The lowest BCUT2D eigenvalue weighted by Gasteiger charge is -2.23. The number of amides is 1. The minimum absolute atomic E-state index is 0.00625. The average molecular weight is 344 g/mol. The summed E-state index contributed by atoms with van der Waals surface area (Å²) in [5.41, 5.74) is 1.73. The smallest absolute Gasteiger partial charge is 0.251 e. The van der Waals surface area contributed by atoms with Crippen molar-refractivity contribution < 1.29 is 13.2 Å². The zero-order valence-electron chi connectivity index (χ0n) is 13.5. The number of aromatic nitrogens is 1. The highest BCUT2D eigenvalue weighted by Gasteiger charge is 2.39. The fraction of sp³-hybridized carbons (Fsp3) is 0.333. The van der Waals surface area contributed by atoms with E-state index in [9.17, 15) is 13.2 Å². The second-order valence-electron chi connectivity index (χ2n) is 6.56. The van der Waals surface area contributed by atoms with E-state index < -0.39 is 15.4 Å². The molecule has 5 nitrogen and oxygen atoms in total. The summed E-state index contributed by atoms with van der Waals surface area (Å²) < 4.78 is 23.3. The number of rotatable bonds is 4. The lowest BCUT2D eigenvalue weighted by Crippen LogP contribution is -2.46. The topological polar surface area (TPSA) is 76.1 Å². The quantitative estimate of drug-likeness (QED) is 0.920. The molecule has 1 saturated heterocycles. The van der Waals surface area contributed by atoms with Crippen molar-refractivity contribution in [2.24, 2.45) is 0 Å². The van der Waals surface area contributed by atoms with Crippen LogP contribution in [-0.2, 0) is 16.3 Å². The molecule has 0 radical (unpaired) electrons. The second-order valence-corrected chi connectivity index (χ2v) is 8.74. The first-order valence-corrected chi connectivity index (χ1v) is 9.69. The average Bonchev–Trinajstić information content (AvgIpc) is 2.82. The molecule has 0 saturated carbocycles. The predicted molar refractivity (Wildman–Crippen MR) is 92.6 cm³/mol. The minimum atomic E-state index is -3.06. The van der Waals surface area contributed by atoms with E-state index in [-0.39, 0.29) is 17.4 Å². The van der Waals surface area contributed by atoms with Gasteiger partial charge in [0.1, 0.15) is 0 Å². The van der Waals surface area contributed by atoms with E-state index >= 15 is 0 Å². The van der Waals surface area contributed by atoms with Crippen LogP contribution < -0.4 is 5.32 Å². The number of hydrogen-bond acceptors (Lipinski definition) is 4. The van der Waals surface area contributed by atoms with Gasteiger partial charge in [0.05, 0.1) is 17.0 Å². The van der Waals surface area contributed by atoms with Gasteiger partial charge in [-0.05, 0) is 31.0 Å². The van der Waals surface area contributed by atoms with Crippen LogP contribution >= 0.6 is 0 Å². The van der Waals surface area contributed by atoms with Gasteiger partial charge in [0.25, 0.3) is 5.91 Å². The number of carbonyl (C=O) groups excluding carboxylic acids is 1. The van der Waals surface area contributed by atoms with Crippen molar-refractivity contribution in [1.82, 2.24) is 10.3 Å². The summed E-state index contributed by atoms with van der Waals surface area (Å²) in [5.74, 6) is -0.140. The van der Waals surface area contributed by atoms with Crippen LogP contribution in [0.4, 0.5) is 0 Å². The van der Waals surface area contributed by atoms with Gasteiger partial charge in [-0.1, -0.05) is 30.3 Å². The van der Waals surface area contributed by atoms with Gasteiger partial charge < -0.3 is 5.32 Å². The first-order valence-electron chi connectivity index (χ1n) is 7.87. The van der Waals surface area contributed by atoms with Crippen molar-refractivity contribution in [3.8, 4) is 0 Å². The molecule has 6 heteroatoms. The largest absolute Gasteiger partial charge is 0.346 e. The Hall–Kier alpha value is -2.21. The molecule has 0 unspecified atom stereocenters. The molecule has 126 valence electrons. The predicted octanol–water partition coefficient (Wildman–Crippen LogP) is 1.98. The van der Waals surface area contributed by atoms with Gasteiger partial charge in [-0.2, -0.15) is 0 Å². The van der Waals surface area contributed by atoms with Crippen molar-refractivity contribution in [2.75, 3.05) is 11.5 Å². The van der Waals surface area contributed by atoms with Crippen LogP contribution in [0.2, 0.25) is 0 Å². The third kappa shape index (κ3) is 4.00. The van der Waals surface area contributed by atoms with E-state index in [0.717, 1.165) is 11.3 Å². The fourth-order valence-corrected chi connectivity index (χ4v) is 5.07. The van der Waals surface area contributed by atoms with Crippen molar-refractivity contribution in [2.45, 2.75) is 25.3 Å². The highest BCUT2D eigenvalue weighted by Crippen LogP contribution is 2.23. The highest BCUT2D eigenvalue weighted by atomic mass is 32.2. The molecule has 1 atom stereocenters. The molecular formula is C18H20N2O3S. The Kier molecular flexibility index (Phi) is 4.41. The molecule has 1 aromatic carbocycles. The molecule has 1 aromatic heterocycles. The Labute approximate surface area is 142 Å². The van der Waals surface area contributed by atoms with Crippen molar-refractivity contribution in [1.29, 1.82) is 0 Å². The maximum absolute atomic E-state index is 12.5. The van der Waals surface area contributed by atoms with Crippen LogP contribution in [0.15, 0.2) is 48.7 Å². The third-order valence-electron chi connectivity index (χ3n) is 4.23. The molecule has 0 bridgehead atoms. The van der Waals surface area contributed by atoms with Gasteiger partial charge in [-0.15, -0.1) is 0 Å². The van der Waals surface area contributed by atoms with Gasteiger partial charge in [0.2, 0.25) is 0 Å². The van der Waals surface area contributed by atoms with Crippen LogP contribution in [0.25, 0.3) is 0 Å². The van der Waals surface area contributed by atoms with Crippen molar-refractivity contribution in [3.63, 3.8) is 0 Å². The van der Waals surface area contributed by atoms with Crippen LogP contribution in [0.5, 0.6) is 0 Å². The molecule has 1 aliphatic rings. The van der Waals surface area contributed by atoms with Gasteiger partial charge in [0.15, 0.2) is 9.84 Å². The Morgan fingerprint density at radius 3 is 2.67 bits per heavy atom. The van der Waals surface area contributed by atoms with Crippen LogP contribution in [0, 0.1) is 0 Å². The van der Waals surface area contributed by atoms with Crippen molar-refractivity contribution in [3.05, 3.63) is 65.5 Å². The zero-order chi connectivity index (χ0) is 17.2. The first-order chi connectivity index (χ1) is 11.4. The Balaban J connectivity index is 1.73. The van der Waals surface area contributed by atoms with E-state index in [1.54, 1.807) is 25.3 Å². The summed E-state index contributed by atoms with van der Waals surface area (Å²) in [6.45, 7) is 1.78. The Morgan fingerprint density at radius 1 is 1.25 bits per heavy atom. The van der Waals surface area contributed by atoms with E-state index in [0.29, 0.717) is 18.4 Å². The molecule has 0 aliphatic carbocycles. The molecule has 2 heterocycles. The Morgan fingerprint density at radius 2 is 2.00 bits per heavy atom. The van der Waals surface area contributed by atoms with Crippen LogP contribution in [0.1, 0.15) is 35.0 Å². The molecule has 1 fully saturated rings. The molecule has 24 heavy (non-hydrogen) atoms. The summed E-state index contributed by atoms with van der Waals surface area (Å²) >= 11 is 0. The normalized spacial score (nSPS) is 22.2. The van der Waals surface area contributed by atoms with Crippen molar-refractivity contribution >= 4 is 15.7 Å². The molecule has 3 rings (SSSR count). The standard InChI is InChI=1S/C18H20N2O3S/c1-18(8-10-24(22,23)13-18)20-17(21)15-7-9-19-16(12-15)11-14-5-3-2-4-6-14/h2-7,9,12H,8,10-11,13H2,1H3,(H,20,21)/t18-/m0/s1. The highest BCUT2D eigenvalue weighted by molar-refractivity contribution is 7.91. The van der Waals surface area contributed by atoms with Gasteiger partial charge >= 0.3 is 0 Å². The number of nitrogens with one attached hydrogen (secondary N) is 1. The third-order valence-corrected chi connectivity index (χ3v) is 6.13. The van der Waals surface area contributed by atoms with Gasteiger partial charge in [-0.3, -0.25) is 9.78 Å². The summed E-state index contributed by atoms with van der Waals surface area (Å²) in [4.78, 5) is 16.8. The van der Waals surface area contributed by atoms with E-state index in [2.05, 4.69) is 10.3 Å². The monoisotopic (exact) mass is 344 g/mol. The fourth-order valence-electron chi connectivity index (χ4n) is 2.98. The second kappa shape index (κ2) is 6.36. The maximum atomic E-state index is 12.5. The lowest BCUT2D eigenvalue weighted by atomic mass is 10.0. The summed E-state index contributed by atoms with van der Waals surface area (Å²) in [7, 11) is -3.06. The number of sulfone groups is 1. The van der Waals surface area contributed by atoms with Crippen LogP contribution in [-0.4, -0.2) is 36.4 Å². The molecule has 1 amide bonds. The SMILES string of the molecule is C[C@]1(NC(=O)c2ccnc(Cc3ccccc3)c2)CCS(=O)(=O)C1. The molecule has 0 spiro atoms. The zero-order valence-corrected chi connectivity index (χ0v) is 14.3. The van der Waals surface area contributed by atoms with E-state index in [4.69, 9.17) is 0 Å². The lowest BCUT2D eigenvalue weighted by molar-refractivity contribution is 0.0915.